The summed E-state index contributed by atoms with van der Waals surface area (Å²) < 4.78 is 42.0. The number of aryl methyl sites for hydroxylation is 1. The standard InChI is InChI=1S/C19H33F3N6O/c1-5-23-17(26-15-6-11-28(12-7-15)14(2)3)25-9-8-18(29,19(20,21)22)16-24-10-13-27(16)4/h10,13-15,29H,5-9,11-12H2,1-4H3,(H2,23,25,26). The molecule has 1 saturated heterocycles. The Morgan fingerprint density at radius 3 is 2.48 bits per heavy atom. The van der Waals surface area contributed by atoms with Gasteiger partial charge in [-0.05, 0) is 33.6 Å². The zero-order valence-corrected chi connectivity index (χ0v) is 17.6. The number of nitrogens with one attached hydrogen (secondary N) is 2. The molecule has 1 aliphatic heterocycles. The summed E-state index contributed by atoms with van der Waals surface area (Å²) in [6.45, 7) is 8.59. The van der Waals surface area contributed by atoms with E-state index in [0.717, 1.165) is 25.9 Å². The van der Waals surface area contributed by atoms with Crippen molar-refractivity contribution < 1.29 is 18.3 Å². The number of hydrogen-bond donors (Lipinski definition) is 3. The maximum atomic E-state index is 13.6. The first-order chi connectivity index (χ1) is 13.6. The van der Waals surface area contributed by atoms with Crippen LogP contribution >= 0.6 is 0 Å². The van der Waals surface area contributed by atoms with Crippen molar-refractivity contribution in [1.82, 2.24) is 25.1 Å². The Bertz CT molecular complexity index is 667. The van der Waals surface area contributed by atoms with Gasteiger partial charge in [-0.2, -0.15) is 13.2 Å². The zero-order chi connectivity index (χ0) is 21.7. The molecule has 0 aliphatic carbocycles. The van der Waals surface area contributed by atoms with E-state index in [4.69, 9.17) is 0 Å². The normalized spacial score (nSPS) is 19.4. The molecule has 1 aromatic rings. The molecule has 10 heteroatoms. The van der Waals surface area contributed by atoms with Crippen molar-refractivity contribution in [3.8, 4) is 0 Å². The van der Waals surface area contributed by atoms with Gasteiger partial charge in [-0.3, -0.25) is 4.99 Å². The molecule has 3 N–H and O–H groups in total. The summed E-state index contributed by atoms with van der Waals surface area (Å²) in [6.07, 6.45) is -0.944. The van der Waals surface area contributed by atoms with Gasteiger partial charge in [-0.25, -0.2) is 4.98 Å². The van der Waals surface area contributed by atoms with E-state index in [1.54, 1.807) is 0 Å². The average Bonchev–Trinajstić information content (AvgIpc) is 3.07. The van der Waals surface area contributed by atoms with Gasteiger partial charge in [0.05, 0.1) is 0 Å². The number of likely N-dealkylation sites (tertiary alicyclic amines) is 1. The molecule has 0 saturated carbocycles. The van der Waals surface area contributed by atoms with E-state index in [0.29, 0.717) is 18.5 Å². The fourth-order valence-corrected chi connectivity index (χ4v) is 3.55. The van der Waals surface area contributed by atoms with Crippen molar-refractivity contribution in [1.29, 1.82) is 0 Å². The summed E-state index contributed by atoms with van der Waals surface area (Å²) in [5.74, 6) is 0.0408. The van der Waals surface area contributed by atoms with Crippen LogP contribution in [0.3, 0.4) is 0 Å². The molecule has 29 heavy (non-hydrogen) atoms. The number of imidazole rings is 1. The predicted molar refractivity (Wildman–Crippen MR) is 107 cm³/mol. The summed E-state index contributed by atoms with van der Waals surface area (Å²) >= 11 is 0. The van der Waals surface area contributed by atoms with Crippen LogP contribution in [0.2, 0.25) is 0 Å². The maximum absolute atomic E-state index is 13.6. The average molecular weight is 419 g/mol. The van der Waals surface area contributed by atoms with Crippen LogP contribution in [-0.4, -0.2) is 70.0 Å². The number of rotatable bonds is 7. The SMILES string of the molecule is CCNC(=NCCC(O)(c1nccn1C)C(F)(F)F)NC1CCN(C(C)C)CC1. The molecule has 0 bridgehead atoms. The summed E-state index contributed by atoms with van der Waals surface area (Å²) in [5.41, 5.74) is -3.05. The molecular formula is C19H33F3N6O. The van der Waals surface area contributed by atoms with Crippen molar-refractivity contribution in [2.45, 2.75) is 63.9 Å². The summed E-state index contributed by atoms with van der Waals surface area (Å²) in [4.78, 5) is 10.4. The number of piperidine rings is 1. The number of hydrogen-bond acceptors (Lipinski definition) is 4. The van der Waals surface area contributed by atoms with E-state index in [1.165, 1.54) is 24.0 Å². The number of aromatic nitrogens is 2. The highest BCUT2D eigenvalue weighted by atomic mass is 19.4. The van der Waals surface area contributed by atoms with E-state index >= 15 is 0 Å². The van der Waals surface area contributed by atoms with E-state index in [9.17, 15) is 18.3 Å². The van der Waals surface area contributed by atoms with Crippen molar-refractivity contribution >= 4 is 5.96 Å². The highest BCUT2D eigenvalue weighted by Gasteiger charge is 2.57. The van der Waals surface area contributed by atoms with E-state index < -0.39 is 24.0 Å². The molecule has 1 unspecified atom stereocenters. The van der Waals surface area contributed by atoms with Crippen LogP contribution in [-0.2, 0) is 12.6 Å². The monoisotopic (exact) mass is 418 g/mol. The molecule has 1 atom stereocenters. The van der Waals surface area contributed by atoms with Gasteiger partial charge in [0.25, 0.3) is 0 Å². The van der Waals surface area contributed by atoms with Crippen molar-refractivity contribution in [2.24, 2.45) is 12.0 Å². The second-order valence-electron chi connectivity index (χ2n) is 7.78. The Hall–Kier alpha value is -1.81. The molecule has 0 spiro atoms. The molecular weight excluding hydrogens is 385 g/mol. The third-order valence-corrected chi connectivity index (χ3v) is 5.35. The number of alkyl halides is 3. The molecule has 2 heterocycles. The fraction of sp³-hybridized carbons (Fsp3) is 0.789. The van der Waals surface area contributed by atoms with E-state index in [2.05, 4.69) is 39.4 Å². The molecule has 0 radical (unpaired) electrons. The Balaban J connectivity index is 2.03. The molecule has 2 rings (SSSR count). The van der Waals surface area contributed by atoms with Gasteiger partial charge in [0.1, 0.15) is 5.82 Å². The highest BCUT2D eigenvalue weighted by molar-refractivity contribution is 5.80. The Morgan fingerprint density at radius 2 is 2.00 bits per heavy atom. The predicted octanol–water partition coefficient (Wildman–Crippen LogP) is 1.99. The van der Waals surface area contributed by atoms with Crippen LogP contribution in [0.1, 0.15) is 45.9 Å². The lowest BCUT2D eigenvalue weighted by atomic mass is 9.98. The topological polar surface area (TPSA) is 77.7 Å². The largest absolute Gasteiger partial charge is 0.424 e. The van der Waals surface area contributed by atoms with Gasteiger partial charge < -0.3 is 25.2 Å². The van der Waals surface area contributed by atoms with Gasteiger partial charge in [0, 0.05) is 64.1 Å². The van der Waals surface area contributed by atoms with Gasteiger partial charge in [-0.15, -0.1) is 0 Å². The lowest BCUT2D eigenvalue weighted by molar-refractivity contribution is -0.272. The molecule has 1 aromatic heterocycles. The summed E-state index contributed by atoms with van der Waals surface area (Å²) in [7, 11) is 1.43. The lowest BCUT2D eigenvalue weighted by Crippen LogP contribution is -2.50. The summed E-state index contributed by atoms with van der Waals surface area (Å²) in [6, 6.07) is 0.725. The van der Waals surface area contributed by atoms with Gasteiger partial charge in [0.15, 0.2) is 5.96 Å². The fourth-order valence-electron chi connectivity index (χ4n) is 3.55. The first-order valence-corrected chi connectivity index (χ1v) is 10.1. The Morgan fingerprint density at radius 1 is 1.34 bits per heavy atom. The minimum Gasteiger partial charge on any atom is -0.374 e. The van der Waals surface area contributed by atoms with Crippen LogP contribution in [0, 0.1) is 0 Å². The zero-order valence-electron chi connectivity index (χ0n) is 17.6. The van der Waals surface area contributed by atoms with Crippen LogP contribution in [0.15, 0.2) is 17.4 Å². The van der Waals surface area contributed by atoms with Crippen molar-refractivity contribution in [3.05, 3.63) is 18.2 Å². The minimum absolute atomic E-state index is 0.191. The quantitative estimate of drug-likeness (QED) is 0.466. The second-order valence-corrected chi connectivity index (χ2v) is 7.78. The first kappa shape index (κ1) is 23.5. The number of nitrogens with zero attached hydrogens (tertiary/aromatic N) is 4. The third-order valence-electron chi connectivity index (χ3n) is 5.35. The number of guanidine groups is 1. The van der Waals surface area contributed by atoms with Gasteiger partial charge in [-0.1, -0.05) is 0 Å². The van der Waals surface area contributed by atoms with Crippen LogP contribution in [0.4, 0.5) is 13.2 Å². The smallest absolute Gasteiger partial charge is 0.374 e. The molecule has 1 fully saturated rings. The Kier molecular flexibility index (Phi) is 7.93. The Labute approximate surface area is 170 Å². The molecule has 1 aliphatic rings. The van der Waals surface area contributed by atoms with E-state index in [-0.39, 0.29) is 12.6 Å². The van der Waals surface area contributed by atoms with Crippen molar-refractivity contribution in [2.75, 3.05) is 26.2 Å². The van der Waals surface area contributed by atoms with Gasteiger partial charge in [0.2, 0.25) is 5.60 Å². The number of aliphatic imine (C=N–C) groups is 1. The first-order valence-electron chi connectivity index (χ1n) is 10.1. The number of aliphatic hydroxyl groups is 1. The van der Waals surface area contributed by atoms with Crippen molar-refractivity contribution in [3.63, 3.8) is 0 Å². The third kappa shape index (κ3) is 5.85. The van der Waals surface area contributed by atoms with Crippen LogP contribution in [0.5, 0.6) is 0 Å². The summed E-state index contributed by atoms with van der Waals surface area (Å²) in [5, 5.41) is 16.8. The second kappa shape index (κ2) is 9.80. The minimum atomic E-state index is -4.85. The van der Waals surface area contributed by atoms with Crippen LogP contribution in [0.25, 0.3) is 0 Å². The number of halogens is 3. The van der Waals surface area contributed by atoms with E-state index in [1.807, 2.05) is 6.92 Å². The lowest BCUT2D eigenvalue weighted by Gasteiger charge is -2.35. The molecule has 0 amide bonds. The van der Waals surface area contributed by atoms with Gasteiger partial charge >= 0.3 is 6.18 Å². The maximum Gasteiger partial charge on any atom is 0.424 e. The van der Waals surface area contributed by atoms with Crippen LogP contribution < -0.4 is 10.6 Å². The molecule has 7 nitrogen and oxygen atoms in total. The highest BCUT2D eigenvalue weighted by Crippen LogP contribution is 2.40. The molecule has 0 aromatic carbocycles. The molecule has 166 valence electrons.